The number of carbonyl (C=O) groups is 3. The minimum absolute atomic E-state index is 0.342. The van der Waals surface area contributed by atoms with E-state index in [1.165, 1.54) is 4.90 Å². The standard InChI is InChI=1S/C22H26N4O5/c1-22(2,3)31-21(29)26-13-5-7-18(26)20(28)25-24-19(27)15-8-10-16(11-9-15)30-17-6-4-12-23-14-17/h4,6,8-12,14,18H,5,7,13H2,1-3H3,(H,24,27)(H,25,28). The molecule has 2 N–H and O–H groups in total. The first-order valence-corrected chi connectivity index (χ1v) is 10.0. The van der Waals surface area contributed by atoms with Gasteiger partial charge in [-0.05, 0) is 70.0 Å². The Morgan fingerprint density at radius 3 is 2.45 bits per heavy atom. The number of amides is 3. The highest BCUT2D eigenvalue weighted by Crippen LogP contribution is 2.22. The summed E-state index contributed by atoms with van der Waals surface area (Å²) in [6.45, 7) is 5.73. The number of hydrogen-bond acceptors (Lipinski definition) is 6. The second-order valence-electron chi connectivity index (χ2n) is 8.09. The molecule has 1 aromatic carbocycles. The summed E-state index contributed by atoms with van der Waals surface area (Å²) in [5.41, 5.74) is 4.47. The second-order valence-corrected chi connectivity index (χ2v) is 8.09. The molecule has 1 unspecified atom stereocenters. The first kappa shape index (κ1) is 22.1. The molecule has 9 nitrogen and oxygen atoms in total. The smallest absolute Gasteiger partial charge is 0.410 e. The number of nitrogens with zero attached hydrogens (tertiary/aromatic N) is 2. The summed E-state index contributed by atoms with van der Waals surface area (Å²) < 4.78 is 11.0. The van der Waals surface area contributed by atoms with E-state index >= 15 is 0 Å². The molecule has 1 fully saturated rings. The third kappa shape index (κ3) is 6.18. The van der Waals surface area contributed by atoms with Crippen molar-refractivity contribution in [3.05, 3.63) is 54.4 Å². The van der Waals surface area contributed by atoms with Crippen molar-refractivity contribution in [1.29, 1.82) is 0 Å². The van der Waals surface area contributed by atoms with Crippen LogP contribution in [0.3, 0.4) is 0 Å². The molecule has 2 aromatic rings. The van der Waals surface area contributed by atoms with Crippen molar-refractivity contribution in [3.8, 4) is 11.5 Å². The molecule has 0 radical (unpaired) electrons. The summed E-state index contributed by atoms with van der Waals surface area (Å²) in [7, 11) is 0. The molecule has 1 aliphatic rings. The van der Waals surface area contributed by atoms with Gasteiger partial charge in [0.1, 0.15) is 23.1 Å². The molecule has 0 bridgehead atoms. The molecular formula is C22H26N4O5. The lowest BCUT2D eigenvalue weighted by molar-refractivity contribution is -0.126. The number of pyridine rings is 1. The van der Waals surface area contributed by atoms with Crippen molar-refractivity contribution in [2.24, 2.45) is 0 Å². The fourth-order valence-electron chi connectivity index (χ4n) is 3.07. The van der Waals surface area contributed by atoms with Gasteiger partial charge in [-0.3, -0.25) is 30.3 Å². The molecule has 9 heteroatoms. The van der Waals surface area contributed by atoms with E-state index < -0.39 is 29.6 Å². The van der Waals surface area contributed by atoms with Crippen molar-refractivity contribution in [3.63, 3.8) is 0 Å². The van der Waals surface area contributed by atoms with E-state index in [1.807, 2.05) is 0 Å². The van der Waals surface area contributed by atoms with Crippen LogP contribution in [0.1, 0.15) is 44.0 Å². The van der Waals surface area contributed by atoms with Crippen LogP contribution in [0.4, 0.5) is 4.79 Å². The molecule has 3 amide bonds. The molecule has 1 atom stereocenters. The number of hydrazine groups is 1. The van der Waals surface area contributed by atoms with Crippen LogP contribution >= 0.6 is 0 Å². The summed E-state index contributed by atoms with van der Waals surface area (Å²) in [5.74, 6) is 0.182. The SMILES string of the molecule is CC(C)(C)OC(=O)N1CCCC1C(=O)NNC(=O)c1ccc(Oc2cccnc2)cc1. The van der Waals surface area contributed by atoms with Gasteiger partial charge in [0.15, 0.2) is 0 Å². The average Bonchev–Trinajstić information content (AvgIpc) is 3.22. The minimum atomic E-state index is -0.689. The van der Waals surface area contributed by atoms with Gasteiger partial charge in [0.25, 0.3) is 11.8 Å². The Hall–Kier alpha value is -3.62. The highest BCUT2D eigenvalue weighted by molar-refractivity contribution is 5.96. The number of ether oxygens (including phenoxy) is 2. The molecule has 1 saturated heterocycles. The van der Waals surface area contributed by atoms with Crippen LogP contribution in [0, 0.1) is 0 Å². The zero-order chi connectivity index (χ0) is 22.4. The van der Waals surface area contributed by atoms with Crippen LogP contribution in [0.25, 0.3) is 0 Å². The van der Waals surface area contributed by atoms with Crippen LogP contribution in [-0.4, -0.2) is 46.0 Å². The van der Waals surface area contributed by atoms with E-state index in [4.69, 9.17) is 9.47 Å². The molecule has 1 aromatic heterocycles. The van der Waals surface area contributed by atoms with Crippen molar-refractivity contribution in [1.82, 2.24) is 20.7 Å². The van der Waals surface area contributed by atoms with Crippen molar-refractivity contribution < 1.29 is 23.9 Å². The van der Waals surface area contributed by atoms with Gasteiger partial charge in [-0.15, -0.1) is 0 Å². The maximum Gasteiger partial charge on any atom is 0.410 e. The lowest BCUT2D eigenvalue weighted by atomic mass is 10.2. The third-order valence-electron chi connectivity index (χ3n) is 4.47. The molecule has 164 valence electrons. The second kappa shape index (κ2) is 9.46. The summed E-state index contributed by atoms with van der Waals surface area (Å²) in [6, 6.07) is 9.29. The Bertz CT molecular complexity index is 925. The zero-order valence-electron chi connectivity index (χ0n) is 17.8. The molecule has 0 saturated carbocycles. The molecule has 0 spiro atoms. The third-order valence-corrected chi connectivity index (χ3v) is 4.47. The highest BCUT2D eigenvalue weighted by Gasteiger charge is 2.36. The predicted octanol–water partition coefficient (Wildman–Crippen LogP) is 3.03. The van der Waals surface area contributed by atoms with Gasteiger partial charge in [-0.25, -0.2) is 4.79 Å². The molecule has 0 aliphatic carbocycles. The number of likely N-dealkylation sites (tertiary alicyclic amines) is 1. The lowest BCUT2D eigenvalue weighted by Crippen LogP contribution is -2.52. The van der Waals surface area contributed by atoms with E-state index in [1.54, 1.807) is 69.6 Å². The predicted molar refractivity (Wildman–Crippen MR) is 112 cm³/mol. The Morgan fingerprint density at radius 2 is 1.81 bits per heavy atom. The monoisotopic (exact) mass is 426 g/mol. The van der Waals surface area contributed by atoms with Crippen molar-refractivity contribution in [2.75, 3.05) is 6.54 Å². The van der Waals surface area contributed by atoms with Crippen molar-refractivity contribution >= 4 is 17.9 Å². The molecule has 1 aliphatic heterocycles. The summed E-state index contributed by atoms with van der Waals surface area (Å²) >= 11 is 0. The topological polar surface area (TPSA) is 110 Å². The van der Waals surface area contributed by atoms with Gasteiger partial charge in [-0.1, -0.05) is 0 Å². The van der Waals surface area contributed by atoms with E-state index in [0.717, 1.165) is 0 Å². The van der Waals surface area contributed by atoms with Crippen LogP contribution in [0.15, 0.2) is 48.8 Å². The number of benzene rings is 1. The van der Waals surface area contributed by atoms with Crippen molar-refractivity contribution in [2.45, 2.75) is 45.3 Å². The van der Waals surface area contributed by atoms with Gasteiger partial charge in [0, 0.05) is 18.3 Å². The van der Waals surface area contributed by atoms with E-state index in [2.05, 4.69) is 15.8 Å². The Labute approximate surface area is 180 Å². The average molecular weight is 426 g/mol. The van der Waals surface area contributed by atoms with Gasteiger partial charge in [0.2, 0.25) is 0 Å². The first-order chi connectivity index (χ1) is 14.7. The van der Waals surface area contributed by atoms with Crippen LogP contribution < -0.4 is 15.6 Å². The lowest BCUT2D eigenvalue weighted by Gasteiger charge is -2.28. The normalized spacial score (nSPS) is 15.8. The molecule has 31 heavy (non-hydrogen) atoms. The quantitative estimate of drug-likeness (QED) is 0.728. The van der Waals surface area contributed by atoms with Crippen LogP contribution in [0.5, 0.6) is 11.5 Å². The number of carbonyl (C=O) groups excluding carboxylic acids is 3. The molecule has 3 rings (SSSR count). The van der Waals surface area contributed by atoms with Gasteiger partial charge in [-0.2, -0.15) is 0 Å². The summed E-state index contributed by atoms with van der Waals surface area (Å²) in [6.07, 6.45) is 3.87. The molecular weight excluding hydrogens is 400 g/mol. The Kier molecular flexibility index (Phi) is 6.74. The van der Waals surface area contributed by atoms with E-state index in [9.17, 15) is 14.4 Å². The van der Waals surface area contributed by atoms with Crippen LogP contribution in [0.2, 0.25) is 0 Å². The maximum atomic E-state index is 12.5. The highest BCUT2D eigenvalue weighted by atomic mass is 16.6. The maximum absolute atomic E-state index is 12.5. The largest absolute Gasteiger partial charge is 0.456 e. The fourth-order valence-corrected chi connectivity index (χ4v) is 3.07. The van der Waals surface area contributed by atoms with E-state index in [0.29, 0.717) is 36.4 Å². The Morgan fingerprint density at radius 1 is 1.06 bits per heavy atom. The van der Waals surface area contributed by atoms with Gasteiger partial charge >= 0.3 is 6.09 Å². The summed E-state index contributed by atoms with van der Waals surface area (Å²) in [4.78, 5) is 42.5. The number of aromatic nitrogens is 1. The number of rotatable bonds is 4. The Balaban J connectivity index is 1.52. The minimum Gasteiger partial charge on any atom is -0.456 e. The number of hydrogen-bond donors (Lipinski definition) is 2. The van der Waals surface area contributed by atoms with Gasteiger partial charge in [0.05, 0.1) is 6.20 Å². The first-order valence-electron chi connectivity index (χ1n) is 10.0. The van der Waals surface area contributed by atoms with Crippen LogP contribution in [-0.2, 0) is 9.53 Å². The summed E-state index contributed by atoms with van der Waals surface area (Å²) in [5, 5.41) is 0. The zero-order valence-corrected chi connectivity index (χ0v) is 17.8. The fraction of sp³-hybridized carbons (Fsp3) is 0.364. The van der Waals surface area contributed by atoms with Gasteiger partial charge < -0.3 is 9.47 Å². The molecule has 2 heterocycles. The number of nitrogens with one attached hydrogen (secondary N) is 2. The van der Waals surface area contributed by atoms with E-state index in [-0.39, 0.29) is 0 Å².